The first-order chi connectivity index (χ1) is 7.58. The molecule has 0 radical (unpaired) electrons. The van der Waals surface area contributed by atoms with Gasteiger partial charge in [0.1, 0.15) is 17.4 Å². The van der Waals surface area contributed by atoms with E-state index in [4.69, 9.17) is 0 Å². The molecule has 1 aliphatic rings. The van der Waals surface area contributed by atoms with Crippen molar-refractivity contribution in [1.82, 2.24) is 0 Å². The second-order valence-corrected chi connectivity index (χ2v) is 4.53. The highest BCUT2D eigenvalue weighted by Gasteiger charge is 2.29. The summed E-state index contributed by atoms with van der Waals surface area (Å²) >= 11 is 0. The van der Waals surface area contributed by atoms with Crippen molar-refractivity contribution >= 4 is 5.78 Å². The van der Waals surface area contributed by atoms with Gasteiger partial charge in [-0.3, -0.25) is 4.79 Å². The van der Waals surface area contributed by atoms with Crippen molar-refractivity contribution in [2.24, 2.45) is 5.92 Å². The monoisotopic (exact) mass is 224 g/mol. The lowest BCUT2D eigenvalue weighted by Crippen LogP contribution is -2.22. The standard InChI is InChI=1S/C13H14F2O/c1-8-2-4-10(16)7-12(8)11-5-3-9(14)6-13(11)15/h3,5-6,8,12H,2,4,7H2,1H3/t8-,12-/m1/s1. The molecule has 86 valence electrons. The third kappa shape index (κ3) is 2.13. The molecule has 1 aromatic carbocycles. The molecule has 0 amide bonds. The number of rotatable bonds is 1. The molecule has 1 aromatic rings. The normalized spacial score (nSPS) is 25.8. The minimum absolute atomic E-state index is 0.0955. The number of carbonyl (C=O) groups excluding carboxylic acids is 1. The van der Waals surface area contributed by atoms with Gasteiger partial charge in [0.25, 0.3) is 0 Å². The molecule has 0 heterocycles. The Kier molecular flexibility index (Phi) is 3.03. The van der Waals surface area contributed by atoms with E-state index in [0.717, 1.165) is 12.5 Å². The molecule has 0 aromatic heterocycles. The third-order valence-corrected chi connectivity index (χ3v) is 3.37. The number of Topliss-reactive ketones (excluding diaryl/α,β-unsaturated/α-hetero) is 1. The summed E-state index contributed by atoms with van der Waals surface area (Å²) in [6.07, 6.45) is 1.75. The second-order valence-electron chi connectivity index (χ2n) is 4.53. The van der Waals surface area contributed by atoms with Crippen LogP contribution in [-0.2, 0) is 4.79 Å². The summed E-state index contributed by atoms with van der Waals surface area (Å²) in [5.41, 5.74) is 0.474. The van der Waals surface area contributed by atoms with Crippen molar-refractivity contribution in [3.8, 4) is 0 Å². The zero-order valence-corrected chi connectivity index (χ0v) is 9.17. The minimum atomic E-state index is -0.573. The Balaban J connectivity index is 2.31. The number of ketones is 1. The van der Waals surface area contributed by atoms with Crippen molar-refractivity contribution in [3.05, 3.63) is 35.4 Å². The minimum Gasteiger partial charge on any atom is -0.300 e. The zero-order chi connectivity index (χ0) is 11.7. The molecule has 0 spiro atoms. The highest BCUT2D eigenvalue weighted by Crippen LogP contribution is 2.37. The summed E-state index contributed by atoms with van der Waals surface area (Å²) in [5.74, 6) is -0.756. The van der Waals surface area contributed by atoms with Crippen LogP contribution in [0.5, 0.6) is 0 Å². The van der Waals surface area contributed by atoms with Gasteiger partial charge in [-0.1, -0.05) is 13.0 Å². The summed E-state index contributed by atoms with van der Waals surface area (Å²) in [7, 11) is 0. The molecule has 0 saturated heterocycles. The molecule has 2 atom stereocenters. The average Bonchev–Trinajstić information content (AvgIpc) is 2.22. The zero-order valence-electron chi connectivity index (χ0n) is 9.17. The van der Waals surface area contributed by atoms with Crippen LogP contribution < -0.4 is 0 Å². The molecule has 0 unspecified atom stereocenters. The van der Waals surface area contributed by atoms with Gasteiger partial charge >= 0.3 is 0 Å². The molecule has 0 aliphatic heterocycles. The Morgan fingerprint density at radius 2 is 2.06 bits per heavy atom. The predicted molar refractivity (Wildman–Crippen MR) is 57.1 cm³/mol. The van der Waals surface area contributed by atoms with Gasteiger partial charge in [0.15, 0.2) is 0 Å². The van der Waals surface area contributed by atoms with E-state index in [-0.39, 0.29) is 17.6 Å². The van der Waals surface area contributed by atoms with Crippen LogP contribution in [0.25, 0.3) is 0 Å². The maximum atomic E-state index is 13.6. The quantitative estimate of drug-likeness (QED) is 0.714. The maximum absolute atomic E-state index is 13.6. The third-order valence-electron chi connectivity index (χ3n) is 3.37. The van der Waals surface area contributed by atoms with Crippen molar-refractivity contribution in [3.63, 3.8) is 0 Å². The van der Waals surface area contributed by atoms with Gasteiger partial charge < -0.3 is 0 Å². The smallest absolute Gasteiger partial charge is 0.133 e. The number of hydrogen-bond acceptors (Lipinski definition) is 1. The lowest BCUT2D eigenvalue weighted by molar-refractivity contribution is -0.121. The summed E-state index contributed by atoms with van der Waals surface area (Å²) in [6.45, 7) is 2.01. The second kappa shape index (κ2) is 4.32. The van der Waals surface area contributed by atoms with Gasteiger partial charge in [-0.25, -0.2) is 8.78 Å². The predicted octanol–water partition coefficient (Wildman–Crippen LogP) is 3.44. The highest BCUT2D eigenvalue weighted by molar-refractivity contribution is 5.80. The van der Waals surface area contributed by atoms with Crippen LogP contribution in [0.1, 0.15) is 37.7 Å². The van der Waals surface area contributed by atoms with E-state index in [1.807, 2.05) is 6.92 Å². The van der Waals surface area contributed by atoms with Crippen molar-refractivity contribution in [2.45, 2.75) is 32.1 Å². The largest absolute Gasteiger partial charge is 0.300 e. The van der Waals surface area contributed by atoms with E-state index in [0.29, 0.717) is 18.4 Å². The van der Waals surface area contributed by atoms with Gasteiger partial charge in [0.05, 0.1) is 0 Å². The lowest BCUT2D eigenvalue weighted by Gasteiger charge is -2.28. The summed E-state index contributed by atoms with van der Waals surface area (Å²) < 4.78 is 26.4. The van der Waals surface area contributed by atoms with E-state index in [2.05, 4.69) is 0 Å². The van der Waals surface area contributed by atoms with Crippen LogP contribution in [0.3, 0.4) is 0 Å². The Bertz CT molecular complexity index is 414. The molecule has 2 rings (SSSR count). The van der Waals surface area contributed by atoms with Crippen molar-refractivity contribution < 1.29 is 13.6 Å². The van der Waals surface area contributed by atoms with Crippen LogP contribution in [0, 0.1) is 17.6 Å². The highest BCUT2D eigenvalue weighted by atomic mass is 19.1. The van der Waals surface area contributed by atoms with Gasteiger partial charge in [-0.15, -0.1) is 0 Å². The molecule has 16 heavy (non-hydrogen) atoms. The first-order valence-corrected chi connectivity index (χ1v) is 5.54. The van der Waals surface area contributed by atoms with Crippen LogP contribution >= 0.6 is 0 Å². The summed E-state index contributed by atoms with van der Waals surface area (Å²) in [4.78, 5) is 11.4. The molecular formula is C13H14F2O. The Morgan fingerprint density at radius 1 is 1.31 bits per heavy atom. The maximum Gasteiger partial charge on any atom is 0.133 e. The van der Waals surface area contributed by atoms with E-state index in [9.17, 15) is 13.6 Å². The lowest BCUT2D eigenvalue weighted by atomic mass is 9.76. The average molecular weight is 224 g/mol. The number of hydrogen-bond donors (Lipinski definition) is 0. The summed E-state index contributed by atoms with van der Waals surface area (Å²) in [5, 5.41) is 0. The first-order valence-electron chi connectivity index (χ1n) is 5.54. The SMILES string of the molecule is C[C@@H]1CCC(=O)C[C@H]1c1ccc(F)cc1F. The molecule has 1 saturated carbocycles. The van der Waals surface area contributed by atoms with Crippen molar-refractivity contribution in [1.29, 1.82) is 0 Å². The molecule has 1 nitrogen and oxygen atoms in total. The molecular weight excluding hydrogens is 210 g/mol. The van der Waals surface area contributed by atoms with Crippen LogP contribution in [0.15, 0.2) is 18.2 Å². The van der Waals surface area contributed by atoms with Gasteiger partial charge in [-0.2, -0.15) is 0 Å². The van der Waals surface area contributed by atoms with E-state index in [1.54, 1.807) is 0 Å². The number of carbonyl (C=O) groups is 1. The van der Waals surface area contributed by atoms with Crippen LogP contribution in [0.2, 0.25) is 0 Å². The van der Waals surface area contributed by atoms with Crippen LogP contribution in [0.4, 0.5) is 8.78 Å². The fourth-order valence-corrected chi connectivity index (χ4v) is 2.36. The number of halogens is 2. The Morgan fingerprint density at radius 3 is 2.75 bits per heavy atom. The topological polar surface area (TPSA) is 17.1 Å². The molecule has 1 aliphatic carbocycles. The van der Waals surface area contributed by atoms with E-state index < -0.39 is 11.6 Å². The van der Waals surface area contributed by atoms with E-state index >= 15 is 0 Å². The molecule has 0 bridgehead atoms. The molecule has 0 N–H and O–H groups in total. The first kappa shape index (κ1) is 11.2. The van der Waals surface area contributed by atoms with E-state index in [1.165, 1.54) is 12.1 Å². The fraction of sp³-hybridized carbons (Fsp3) is 0.462. The van der Waals surface area contributed by atoms with Crippen LogP contribution in [-0.4, -0.2) is 5.78 Å². The fourth-order valence-electron chi connectivity index (χ4n) is 2.36. The Labute approximate surface area is 93.5 Å². The Hall–Kier alpha value is -1.25. The van der Waals surface area contributed by atoms with Gasteiger partial charge in [0, 0.05) is 18.9 Å². The summed E-state index contributed by atoms with van der Waals surface area (Å²) in [6, 6.07) is 3.61. The van der Waals surface area contributed by atoms with Crippen molar-refractivity contribution in [2.75, 3.05) is 0 Å². The van der Waals surface area contributed by atoms with Gasteiger partial charge in [0.2, 0.25) is 0 Å². The molecule has 3 heteroatoms. The molecule has 1 fully saturated rings. The van der Waals surface area contributed by atoms with Gasteiger partial charge in [-0.05, 0) is 29.9 Å². The number of benzene rings is 1.